The van der Waals surface area contributed by atoms with Crippen LogP contribution in [0.2, 0.25) is 0 Å². The average molecular weight is 367 g/mol. The molecule has 5 rings (SSSR count). The van der Waals surface area contributed by atoms with Crippen LogP contribution in [0.5, 0.6) is 5.75 Å². The van der Waals surface area contributed by atoms with E-state index in [0.29, 0.717) is 0 Å². The van der Waals surface area contributed by atoms with E-state index in [1.165, 1.54) is 5.56 Å². The number of nitrogens with zero attached hydrogens (tertiary/aromatic N) is 3. The highest BCUT2D eigenvalue weighted by Gasteiger charge is 2.14. The number of hydrogen-bond acceptors (Lipinski definition) is 3. The van der Waals surface area contributed by atoms with Crippen LogP contribution in [-0.2, 0) is 6.54 Å². The number of fused-ring (bicyclic) bond motifs is 4. The van der Waals surface area contributed by atoms with Gasteiger partial charge in [0.05, 0.1) is 23.2 Å². The van der Waals surface area contributed by atoms with Crippen LogP contribution in [0.3, 0.4) is 0 Å². The fourth-order valence-corrected chi connectivity index (χ4v) is 3.64. The third-order valence-electron chi connectivity index (χ3n) is 4.99. The Balaban J connectivity index is 1.63. The standard InChI is InChI=1S/C24H21N3O/c1-2-15-28-18-13-11-17(12-14-18)16-27-22-10-6-3-7-19(22)23-24(27)26-21-9-5-4-8-20(21)25-23/h3-14H,2,15-16H2,1H3. The first kappa shape index (κ1) is 16.8. The molecule has 0 radical (unpaired) electrons. The molecule has 0 saturated heterocycles. The number of hydrogen-bond donors (Lipinski definition) is 0. The first-order valence-electron chi connectivity index (χ1n) is 9.69. The summed E-state index contributed by atoms with van der Waals surface area (Å²) >= 11 is 0. The zero-order chi connectivity index (χ0) is 18.9. The Morgan fingerprint density at radius 2 is 1.54 bits per heavy atom. The van der Waals surface area contributed by atoms with Crippen LogP contribution in [0.15, 0.2) is 72.8 Å². The van der Waals surface area contributed by atoms with Crippen molar-refractivity contribution >= 4 is 33.1 Å². The van der Waals surface area contributed by atoms with Gasteiger partial charge in [0, 0.05) is 11.9 Å². The van der Waals surface area contributed by atoms with Gasteiger partial charge in [-0.05, 0) is 42.3 Å². The summed E-state index contributed by atoms with van der Waals surface area (Å²) in [5.41, 5.74) is 6.08. The molecule has 4 nitrogen and oxygen atoms in total. The first-order valence-corrected chi connectivity index (χ1v) is 9.69. The van der Waals surface area contributed by atoms with Gasteiger partial charge in [-0.15, -0.1) is 0 Å². The van der Waals surface area contributed by atoms with Crippen molar-refractivity contribution in [2.45, 2.75) is 19.9 Å². The Kier molecular flexibility index (Phi) is 4.17. The molecule has 28 heavy (non-hydrogen) atoms. The number of ether oxygens (including phenoxy) is 1. The van der Waals surface area contributed by atoms with Crippen molar-refractivity contribution < 1.29 is 4.74 Å². The van der Waals surface area contributed by atoms with Gasteiger partial charge in [-0.2, -0.15) is 0 Å². The fraction of sp³-hybridized carbons (Fsp3) is 0.167. The molecule has 2 aromatic heterocycles. The van der Waals surface area contributed by atoms with E-state index in [0.717, 1.165) is 58.4 Å². The molecule has 0 N–H and O–H groups in total. The lowest BCUT2D eigenvalue weighted by Crippen LogP contribution is -2.01. The maximum Gasteiger partial charge on any atom is 0.160 e. The van der Waals surface area contributed by atoms with E-state index in [1.54, 1.807) is 0 Å². The summed E-state index contributed by atoms with van der Waals surface area (Å²) in [7, 11) is 0. The molecule has 138 valence electrons. The Labute approximate surface area is 163 Å². The van der Waals surface area contributed by atoms with Crippen molar-refractivity contribution in [1.82, 2.24) is 14.5 Å². The summed E-state index contributed by atoms with van der Waals surface area (Å²) in [6.45, 7) is 3.60. The average Bonchev–Trinajstić information content (AvgIpc) is 3.04. The highest BCUT2D eigenvalue weighted by atomic mass is 16.5. The first-order chi connectivity index (χ1) is 13.8. The molecule has 0 aliphatic rings. The van der Waals surface area contributed by atoms with Gasteiger partial charge in [-0.3, -0.25) is 0 Å². The zero-order valence-electron chi connectivity index (χ0n) is 15.8. The van der Waals surface area contributed by atoms with E-state index in [-0.39, 0.29) is 0 Å². The maximum atomic E-state index is 5.70. The van der Waals surface area contributed by atoms with Crippen LogP contribution in [-0.4, -0.2) is 21.1 Å². The third-order valence-corrected chi connectivity index (χ3v) is 4.99. The van der Waals surface area contributed by atoms with E-state index >= 15 is 0 Å². The molecule has 0 aliphatic heterocycles. The molecule has 0 saturated carbocycles. The Morgan fingerprint density at radius 1 is 0.821 bits per heavy atom. The molecular formula is C24H21N3O. The minimum absolute atomic E-state index is 0.741. The lowest BCUT2D eigenvalue weighted by atomic mass is 10.2. The maximum absolute atomic E-state index is 5.70. The molecule has 0 atom stereocenters. The Morgan fingerprint density at radius 3 is 2.32 bits per heavy atom. The molecule has 0 unspecified atom stereocenters. The van der Waals surface area contributed by atoms with Gasteiger partial charge in [0.1, 0.15) is 11.3 Å². The second-order valence-electron chi connectivity index (χ2n) is 6.98. The van der Waals surface area contributed by atoms with Crippen LogP contribution in [0.1, 0.15) is 18.9 Å². The number of aromatic nitrogens is 3. The van der Waals surface area contributed by atoms with Gasteiger partial charge in [0.2, 0.25) is 0 Å². The number of para-hydroxylation sites is 3. The molecule has 0 spiro atoms. The molecule has 3 aromatic carbocycles. The van der Waals surface area contributed by atoms with Crippen LogP contribution in [0, 0.1) is 0 Å². The van der Waals surface area contributed by atoms with Crippen molar-refractivity contribution in [2.24, 2.45) is 0 Å². The molecule has 5 aromatic rings. The van der Waals surface area contributed by atoms with Gasteiger partial charge >= 0.3 is 0 Å². The summed E-state index contributed by atoms with van der Waals surface area (Å²) in [5, 5.41) is 1.14. The molecule has 2 heterocycles. The minimum atomic E-state index is 0.741. The SMILES string of the molecule is CCCOc1ccc(Cn2c3ccccc3c3nc4ccccc4nc32)cc1. The van der Waals surface area contributed by atoms with Crippen LogP contribution in [0.4, 0.5) is 0 Å². The van der Waals surface area contributed by atoms with Crippen LogP contribution < -0.4 is 4.74 Å². The van der Waals surface area contributed by atoms with Gasteiger partial charge in [0.15, 0.2) is 5.65 Å². The highest BCUT2D eigenvalue weighted by Crippen LogP contribution is 2.29. The lowest BCUT2D eigenvalue weighted by Gasteiger charge is -2.09. The monoisotopic (exact) mass is 367 g/mol. The summed E-state index contributed by atoms with van der Waals surface area (Å²) in [4.78, 5) is 9.86. The quantitative estimate of drug-likeness (QED) is 0.407. The van der Waals surface area contributed by atoms with Crippen molar-refractivity contribution in [3.05, 3.63) is 78.4 Å². The van der Waals surface area contributed by atoms with Gasteiger partial charge in [-0.25, -0.2) is 9.97 Å². The van der Waals surface area contributed by atoms with Gasteiger partial charge < -0.3 is 9.30 Å². The molecule has 0 bridgehead atoms. The number of benzene rings is 3. The fourth-order valence-electron chi connectivity index (χ4n) is 3.64. The predicted molar refractivity (Wildman–Crippen MR) is 114 cm³/mol. The smallest absolute Gasteiger partial charge is 0.160 e. The Bertz CT molecular complexity index is 1270. The second kappa shape index (κ2) is 6.97. The normalized spacial score (nSPS) is 11.5. The zero-order valence-corrected chi connectivity index (χ0v) is 15.8. The van der Waals surface area contributed by atoms with Crippen LogP contribution >= 0.6 is 0 Å². The van der Waals surface area contributed by atoms with Gasteiger partial charge in [0.25, 0.3) is 0 Å². The highest BCUT2D eigenvalue weighted by molar-refractivity contribution is 6.06. The molecule has 0 aliphatic carbocycles. The topological polar surface area (TPSA) is 39.9 Å². The number of rotatable bonds is 5. The van der Waals surface area contributed by atoms with Crippen molar-refractivity contribution in [3.63, 3.8) is 0 Å². The molecule has 4 heteroatoms. The van der Waals surface area contributed by atoms with E-state index in [1.807, 2.05) is 36.4 Å². The molecular weight excluding hydrogens is 346 g/mol. The third kappa shape index (κ3) is 2.87. The van der Waals surface area contributed by atoms with Gasteiger partial charge in [-0.1, -0.05) is 49.4 Å². The molecule has 0 amide bonds. The van der Waals surface area contributed by atoms with Crippen molar-refractivity contribution in [1.29, 1.82) is 0 Å². The Hall–Kier alpha value is -3.40. The van der Waals surface area contributed by atoms with E-state index in [2.05, 4.69) is 47.9 Å². The minimum Gasteiger partial charge on any atom is -0.494 e. The van der Waals surface area contributed by atoms with E-state index in [9.17, 15) is 0 Å². The summed E-state index contributed by atoms with van der Waals surface area (Å²) in [5.74, 6) is 0.915. The largest absolute Gasteiger partial charge is 0.494 e. The van der Waals surface area contributed by atoms with E-state index < -0.39 is 0 Å². The predicted octanol–water partition coefficient (Wildman–Crippen LogP) is 5.57. The summed E-state index contributed by atoms with van der Waals surface area (Å²) < 4.78 is 7.96. The molecule has 0 fully saturated rings. The van der Waals surface area contributed by atoms with E-state index in [4.69, 9.17) is 14.7 Å². The second-order valence-corrected chi connectivity index (χ2v) is 6.98. The van der Waals surface area contributed by atoms with Crippen LogP contribution in [0.25, 0.3) is 33.1 Å². The van der Waals surface area contributed by atoms with Crippen molar-refractivity contribution in [2.75, 3.05) is 6.61 Å². The summed E-state index contributed by atoms with van der Waals surface area (Å²) in [6.07, 6.45) is 1.01. The summed E-state index contributed by atoms with van der Waals surface area (Å²) in [6, 6.07) is 24.8. The van der Waals surface area contributed by atoms with Crippen molar-refractivity contribution in [3.8, 4) is 5.75 Å². The lowest BCUT2D eigenvalue weighted by molar-refractivity contribution is 0.317.